The Labute approximate surface area is 112 Å². The van der Waals surface area contributed by atoms with E-state index >= 15 is 0 Å². The van der Waals surface area contributed by atoms with Crippen molar-refractivity contribution < 1.29 is 14.0 Å². The van der Waals surface area contributed by atoms with Gasteiger partial charge in [0.25, 0.3) is 0 Å². The molecule has 100 valence electrons. The van der Waals surface area contributed by atoms with Crippen LogP contribution in [0.4, 0.5) is 0 Å². The molecule has 0 unspecified atom stereocenters. The first-order valence-electron chi connectivity index (χ1n) is 6.39. The second-order valence-electron chi connectivity index (χ2n) is 5.51. The Bertz CT molecular complexity index is 601. The molecule has 0 saturated heterocycles. The van der Waals surface area contributed by atoms with Gasteiger partial charge in [-0.1, -0.05) is 17.3 Å². The molecule has 3 rings (SSSR count). The van der Waals surface area contributed by atoms with Gasteiger partial charge >= 0.3 is 0 Å². The van der Waals surface area contributed by atoms with Gasteiger partial charge in [-0.2, -0.15) is 0 Å². The van der Waals surface area contributed by atoms with E-state index in [0.717, 1.165) is 23.6 Å². The molecule has 0 amide bonds. The Morgan fingerprint density at radius 2 is 2.21 bits per heavy atom. The lowest BCUT2D eigenvalue weighted by molar-refractivity contribution is 0.130. The monoisotopic (exact) mass is 259 g/mol. The summed E-state index contributed by atoms with van der Waals surface area (Å²) < 4.78 is 16.9. The van der Waals surface area contributed by atoms with Crippen LogP contribution in [0.15, 0.2) is 28.8 Å². The second-order valence-corrected chi connectivity index (χ2v) is 5.51. The van der Waals surface area contributed by atoms with Gasteiger partial charge in [-0.25, -0.2) is 0 Å². The minimum absolute atomic E-state index is 0.162. The highest BCUT2D eigenvalue weighted by Gasteiger charge is 2.32. The summed E-state index contributed by atoms with van der Waals surface area (Å²) in [5.41, 5.74) is 1.88. The summed E-state index contributed by atoms with van der Waals surface area (Å²) in [6.07, 6.45) is 0.904. The van der Waals surface area contributed by atoms with E-state index in [9.17, 15) is 0 Å². The number of ether oxygens (including phenoxy) is 2. The van der Waals surface area contributed by atoms with E-state index in [1.165, 1.54) is 5.56 Å². The molecule has 4 nitrogen and oxygen atoms in total. The lowest BCUT2D eigenvalue weighted by Gasteiger charge is -2.18. The van der Waals surface area contributed by atoms with E-state index in [1.54, 1.807) is 0 Å². The highest BCUT2D eigenvalue weighted by atomic mass is 16.5. The molecule has 0 radical (unpaired) electrons. The summed E-state index contributed by atoms with van der Waals surface area (Å²) in [7, 11) is 0. The van der Waals surface area contributed by atoms with E-state index in [4.69, 9.17) is 14.0 Å². The Hall–Kier alpha value is -1.97. The Kier molecular flexibility index (Phi) is 2.73. The summed E-state index contributed by atoms with van der Waals surface area (Å²) in [5.74, 6) is 2.33. The highest BCUT2D eigenvalue weighted by molar-refractivity contribution is 5.50. The van der Waals surface area contributed by atoms with Crippen LogP contribution >= 0.6 is 0 Å². The summed E-state index contributed by atoms with van der Waals surface area (Å²) in [6, 6.07) is 7.86. The second kappa shape index (κ2) is 4.30. The van der Waals surface area contributed by atoms with Gasteiger partial charge in [-0.3, -0.25) is 0 Å². The number of rotatable bonds is 3. The molecular formula is C15H17NO3. The number of fused-ring (bicyclic) bond motifs is 1. The third-order valence-electron chi connectivity index (χ3n) is 3.10. The number of aromatic nitrogens is 1. The number of hydrogen-bond donors (Lipinski definition) is 0. The van der Waals surface area contributed by atoms with Crippen LogP contribution in [0.3, 0.4) is 0 Å². The molecule has 1 aliphatic heterocycles. The number of para-hydroxylation sites is 1. The fraction of sp³-hybridized carbons (Fsp3) is 0.400. The van der Waals surface area contributed by atoms with E-state index in [-0.39, 0.29) is 5.60 Å². The van der Waals surface area contributed by atoms with Crippen molar-refractivity contribution in [1.29, 1.82) is 0 Å². The molecule has 0 N–H and O–H groups in total. The normalized spacial score (nSPS) is 15.9. The van der Waals surface area contributed by atoms with Crippen molar-refractivity contribution in [3.8, 4) is 11.5 Å². The first kappa shape index (κ1) is 12.1. The molecule has 2 heterocycles. The maximum atomic E-state index is 5.95. The molecule has 0 atom stereocenters. The topological polar surface area (TPSA) is 44.5 Å². The van der Waals surface area contributed by atoms with Crippen molar-refractivity contribution in [2.45, 2.75) is 39.4 Å². The van der Waals surface area contributed by atoms with Crippen LogP contribution in [0.5, 0.6) is 11.5 Å². The molecule has 0 spiro atoms. The quantitative estimate of drug-likeness (QED) is 0.848. The first-order chi connectivity index (χ1) is 9.03. The lowest BCUT2D eigenvalue weighted by Crippen LogP contribution is -2.24. The van der Waals surface area contributed by atoms with Crippen molar-refractivity contribution in [3.63, 3.8) is 0 Å². The van der Waals surface area contributed by atoms with E-state index in [0.29, 0.717) is 12.4 Å². The largest absolute Gasteiger partial charge is 0.483 e. The molecular weight excluding hydrogens is 242 g/mol. The Morgan fingerprint density at radius 3 is 2.95 bits per heavy atom. The van der Waals surface area contributed by atoms with Gasteiger partial charge in [0.1, 0.15) is 12.2 Å². The molecule has 1 aliphatic rings. The lowest BCUT2D eigenvalue weighted by atomic mass is 10.0. The minimum Gasteiger partial charge on any atom is -0.483 e. The van der Waals surface area contributed by atoms with Gasteiger partial charge in [-0.15, -0.1) is 0 Å². The molecule has 19 heavy (non-hydrogen) atoms. The van der Waals surface area contributed by atoms with Gasteiger partial charge in [0.2, 0.25) is 0 Å². The van der Waals surface area contributed by atoms with Crippen LogP contribution < -0.4 is 9.47 Å². The SMILES string of the molecule is Cc1cc(COc2cccc3c2OC(C)(C)C3)on1. The van der Waals surface area contributed by atoms with E-state index in [1.807, 2.05) is 25.1 Å². The Balaban J connectivity index is 1.78. The molecule has 1 aromatic heterocycles. The molecule has 0 fully saturated rings. The van der Waals surface area contributed by atoms with Gasteiger partial charge < -0.3 is 14.0 Å². The summed E-state index contributed by atoms with van der Waals surface area (Å²) in [6.45, 7) is 6.41. The van der Waals surface area contributed by atoms with Crippen molar-refractivity contribution in [2.24, 2.45) is 0 Å². The van der Waals surface area contributed by atoms with Crippen molar-refractivity contribution in [3.05, 3.63) is 41.3 Å². The third-order valence-corrected chi connectivity index (χ3v) is 3.10. The summed E-state index contributed by atoms with van der Waals surface area (Å²) >= 11 is 0. The fourth-order valence-corrected chi connectivity index (χ4v) is 2.33. The summed E-state index contributed by atoms with van der Waals surface area (Å²) in [5, 5.41) is 3.84. The smallest absolute Gasteiger partial charge is 0.174 e. The van der Waals surface area contributed by atoms with Crippen molar-refractivity contribution >= 4 is 0 Å². The maximum absolute atomic E-state index is 5.95. The van der Waals surface area contributed by atoms with Gasteiger partial charge in [0.15, 0.2) is 17.3 Å². The van der Waals surface area contributed by atoms with Crippen LogP contribution in [-0.4, -0.2) is 10.8 Å². The highest BCUT2D eigenvalue weighted by Crippen LogP contribution is 2.41. The van der Waals surface area contributed by atoms with Crippen LogP contribution in [0.2, 0.25) is 0 Å². The predicted octanol–water partition coefficient (Wildman–Crippen LogP) is 3.28. The molecule has 0 aliphatic carbocycles. The zero-order valence-corrected chi connectivity index (χ0v) is 11.4. The predicted molar refractivity (Wildman–Crippen MR) is 70.4 cm³/mol. The minimum atomic E-state index is -0.162. The molecule has 1 aromatic carbocycles. The van der Waals surface area contributed by atoms with Crippen LogP contribution in [0.25, 0.3) is 0 Å². The van der Waals surface area contributed by atoms with Crippen LogP contribution in [0.1, 0.15) is 30.9 Å². The zero-order chi connectivity index (χ0) is 13.5. The average molecular weight is 259 g/mol. The molecule has 2 aromatic rings. The van der Waals surface area contributed by atoms with Gasteiger partial charge in [-0.05, 0) is 26.8 Å². The van der Waals surface area contributed by atoms with Crippen molar-refractivity contribution in [2.75, 3.05) is 0 Å². The number of benzene rings is 1. The first-order valence-corrected chi connectivity index (χ1v) is 6.39. The fourth-order valence-electron chi connectivity index (χ4n) is 2.33. The number of nitrogens with zero attached hydrogens (tertiary/aromatic N) is 1. The van der Waals surface area contributed by atoms with E-state index < -0.39 is 0 Å². The van der Waals surface area contributed by atoms with Gasteiger partial charge in [0, 0.05) is 18.1 Å². The van der Waals surface area contributed by atoms with E-state index in [2.05, 4.69) is 25.1 Å². The maximum Gasteiger partial charge on any atom is 0.174 e. The van der Waals surface area contributed by atoms with Crippen LogP contribution in [0, 0.1) is 6.92 Å². The zero-order valence-electron chi connectivity index (χ0n) is 11.4. The van der Waals surface area contributed by atoms with Gasteiger partial charge in [0.05, 0.1) is 5.69 Å². The number of hydrogen-bond acceptors (Lipinski definition) is 4. The average Bonchev–Trinajstić information content (AvgIpc) is 2.88. The van der Waals surface area contributed by atoms with Crippen molar-refractivity contribution in [1.82, 2.24) is 5.16 Å². The third kappa shape index (κ3) is 2.43. The standard InChI is InChI=1S/C15H17NO3/c1-10-7-12(19-16-10)9-17-13-6-4-5-11-8-15(2,3)18-14(11)13/h4-7H,8-9H2,1-3H3. The summed E-state index contributed by atoms with van der Waals surface area (Å²) in [4.78, 5) is 0. The molecule has 0 bridgehead atoms. The van der Waals surface area contributed by atoms with Crippen LogP contribution in [-0.2, 0) is 13.0 Å². The number of aryl methyl sites for hydroxylation is 1. The Morgan fingerprint density at radius 1 is 1.37 bits per heavy atom. The molecule has 4 heteroatoms. The molecule has 0 saturated carbocycles.